The molecule has 3 nitrogen and oxygen atoms in total. The predicted molar refractivity (Wildman–Crippen MR) is 73.5 cm³/mol. The molecule has 104 valence electrons. The molecule has 0 amide bonds. The summed E-state index contributed by atoms with van der Waals surface area (Å²) in [6.07, 6.45) is 10.5. The van der Waals surface area contributed by atoms with Crippen molar-refractivity contribution in [1.82, 2.24) is 4.90 Å². The summed E-state index contributed by atoms with van der Waals surface area (Å²) in [5, 5.41) is 0. The average molecular weight is 252 g/mol. The van der Waals surface area contributed by atoms with Gasteiger partial charge < -0.3 is 10.5 Å². The number of rotatable bonds is 4. The molecule has 1 aliphatic heterocycles. The maximum Gasteiger partial charge on any atom is 0.0697 e. The number of ether oxygens (including phenoxy) is 1. The first-order chi connectivity index (χ1) is 8.74. The van der Waals surface area contributed by atoms with Crippen molar-refractivity contribution in [3.8, 4) is 0 Å². The van der Waals surface area contributed by atoms with Crippen molar-refractivity contribution < 1.29 is 4.74 Å². The van der Waals surface area contributed by atoms with Gasteiger partial charge in [0.25, 0.3) is 0 Å². The highest BCUT2D eigenvalue weighted by molar-refractivity contribution is 4.97. The molecule has 3 rings (SSSR count). The number of hydrogen-bond acceptors (Lipinski definition) is 3. The first-order valence-corrected chi connectivity index (χ1v) is 7.80. The van der Waals surface area contributed by atoms with Gasteiger partial charge in [-0.25, -0.2) is 0 Å². The topological polar surface area (TPSA) is 38.5 Å². The highest BCUT2D eigenvalue weighted by Crippen LogP contribution is 2.42. The van der Waals surface area contributed by atoms with Gasteiger partial charge in [0.05, 0.1) is 5.60 Å². The summed E-state index contributed by atoms with van der Waals surface area (Å²) in [6, 6.07) is 1.32. The minimum absolute atomic E-state index is 0.236. The lowest BCUT2D eigenvalue weighted by Gasteiger charge is -2.44. The maximum absolute atomic E-state index is 6.14. The highest BCUT2D eigenvalue weighted by atomic mass is 16.5. The van der Waals surface area contributed by atoms with Crippen LogP contribution < -0.4 is 5.73 Å². The van der Waals surface area contributed by atoms with E-state index in [9.17, 15) is 0 Å². The quantitative estimate of drug-likeness (QED) is 0.833. The van der Waals surface area contributed by atoms with Crippen LogP contribution in [0.15, 0.2) is 0 Å². The van der Waals surface area contributed by atoms with Gasteiger partial charge in [-0.1, -0.05) is 12.8 Å². The lowest BCUT2D eigenvalue weighted by molar-refractivity contribution is -0.104. The molecule has 0 bridgehead atoms. The molecule has 2 unspecified atom stereocenters. The molecule has 3 heteroatoms. The Labute approximate surface area is 111 Å². The molecule has 1 saturated heterocycles. The van der Waals surface area contributed by atoms with Gasteiger partial charge in [0.2, 0.25) is 0 Å². The molecule has 2 atom stereocenters. The van der Waals surface area contributed by atoms with Crippen molar-refractivity contribution in [2.75, 3.05) is 20.2 Å². The molecule has 2 saturated carbocycles. The highest BCUT2D eigenvalue weighted by Gasteiger charge is 2.43. The van der Waals surface area contributed by atoms with Crippen molar-refractivity contribution >= 4 is 0 Å². The third-order valence-corrected chi connectivity index (χ3v) is 5.49. The Hall–Kier alpha value is -0.120. The van der Waals surface area contributed by atoms with Crippen molar-refractivity contribution in [3.05, 3.63) is 0 Å². The smallest absolute Gasteiger partial charge is 0.0697 e. The fourth-order valence-electron chi connectivity index (χ4n) is 4.16. The minimum atomic E-state index is 0.236. The van der Waals surface area contributed by atoms with Crippen LogP contribution in [0.5, 0.6) is 0 Å². The van der Waals surface area contributed by atoms with Gasteiger partial charge >= 0.3 is 0 Å². The van der Waals surface area contributed by atoms with Gasteiger partial charge in [0.1, 0.15) is 0 Å². The van der Waals surface area contributed by atoms with E-state index in [2.05, 4.69) is 11.9 Å². The van der Waals surface area contributed by atoms with Crippen molar-refractivity contribution in [2.24, 2.45) is 11.7 Å². The van der Waals surface area contributed by atoms with Crippen LogP contribution in [-0.4, -0.2) is 42.8 Å². The number of likely N-dealkylation sites (N-methyl/N-ethyl adjacent to an activating group) is 1. The van der Waals surface area contributed by atoms with Crippen LogP contribution in [0.2, 0.25) is 0 Å². The van der Waals surface area contributed by atoms with Gasteiger partial charge in [0.15, 0.2) is 0 Å². The van der Waals surface area contributed by atoms with E-state index in [1.807, 2.05) is 0 Å². The first-order valence-electron chi connectivity index (χ1n) is 7.80. The lowest BCUT2D eigenvalue weighted by atomic mass is 9.87. The Morgan fingerprint density at radius 1 is 1.28 bits per heavy atom. The fraction of sp³-hybridized carbons (Fsp3) is 1.00. The second kappa shape index (κ2) is 5.10. The third kappa shape index (κ3) is 2.45. The minimum Gasteiger partial charge on any atom is -0.375 e. The van der Waals surface area contributed by atoms with E-state index in [4.69, 9.17) is 10.5 Å². The second-order valence-corrected chi connectivity index (χ2v) is 6.69. The number of hydrogen-bond donors (Lipinski definition) is 1. The van der Waals surface area contributed by atoms with Crippen LogP contribution >= 0.6 is 0 Å². The van der Waals surface area contributed by atoms with Crippen LogP contribution in [-0.2, 0) is 4.74 Å². The normalized spacial score (nSPS) is 33.2. The molecule has 0 aromatic heterocycles. The van der Waals surface area contributed by atoms with Gasteiger partial charge in [-0.2, -0.15) is 0 Å². The summed E-state index contributed by atoms with van der Waals surface area (Å²) in [5.41, 5.74) is 6.23. The fourth-order valence-corrected chi connectivity index (χ4v) is 4.16. The van der Waals surface area contributed by atoms with E-state index in [0.29, 0.717) is 12.1 Å². The van der Waals surface area contributed by atoms with E-state index in [1.54, 1.807) is 0 Å². The van der Waals surface area contributed by atoms with Crippen molar-refractivity contribution in [1.29, 1.82) is 0 Å². The molecule has 18 heavy (non-hydrogen) atoms. The Kier molecular flexibility index (Phi) is 3.65. The summed E-state index contributed by atoms with van der Waals surface area (Å²) in [4.78, 5) is 2.60. The molecule has 0 aromatic carbocycles. The van der Waals surface area contributed by atoms with Crippen LogP contribution in [0.25, 0.3) is 0 Å². The third-order valence-electron chi connectivity index (χ3n) is 5.49. The molecular weight excluding hydrogens is 224 g/mol. The van der Waals surface area contributed by atoms with E-state index < -0.39 is 0 Å². The standard InChI is InChI=1S/C15H28N2O/c1-17(14(11-16)12-4-5-12)13-6-9-18-15(10-13)7-2-3-8-15/h12-14H,2-11,16H2,1H3. The average Bonchev–Trinajstić information content (AvgIpc) is 3.13. The van der Waals surface area contributed by atoms with Crippen LogP contribution in [0.4, 0.5) is 0 Å². The molecule has 1 spiro atoms. The SMILES string of the molecule is CN(C1CCOC2(CCCC2)C1)C(CN)C1CC1. The molecule has 2 aliphatic carbocycles. The number of nitrogens with zero attached hydrogens (tertiary/aromatic N) is 1. The molecule has 0 radical (unpaired) electrons. The van der Waals surface area contributed by atoms with Gasteiger partial charge in [-0.15, -0.1) is 0 Å². The van der Waals surface area contributed by atoms with E-state index >= 15 is 0 Å². The Balaban J connectivity index is 1.63. The number of nitrogens with two attached hydrogens (primary N) is 1. The maximum atomic E-state index is 6.14. The van der Waals surface area contributed by atoms with E-state index in [-0.39, 0.29) is 5.60 Å². The van der Waals surface area contributed by atoms with Gasteiger partial charge in [-0.05, 0) is 51.5 Å². The Morgan fingerprint density at radius 3 is 2.61 bits per heavy atom. The zero-order valence-electron chi connectivity index (χ0n) is 11.7. The molecular formula is C15H28N2O. The zero-order valence-corrected chi connectivity index (χ0v) is 11.7. The summed E-state index contributed by atoms with van der Waals surface area (Å²) in [5.74, 6) is 0.877. The Bertz CT molecular complexity index is 284. The summed E-state index contributed by atoms with van der Waals surface area (Å²) < 4.78 is 6.14. The molecule has 0 aromatic rings. The summed E-state index contributed by atoms with van der Waals surface area (Å²) in [6.45, 7) is 1.78. The van der Waals surface area contributed by atoms with Crippen molar-refractivity contribution in [3.63, 3.8) is 0 Å². The van der Waals surface area contributed by atoms with E-state index in [1.165, 1.54) is 51.4 Å². The zero-order chi connectivity index (χ0) is 12.6. The van der Waals surface area contributed by atoms with Crippen LogP contribution in [0, 0.1) is 5.92 Å². The van der Waals surface area contributed by atoms with Gasteiger partial charge in [-0.3, -0.25) is 4.90 Å². The van der Waals surface area contributed by atoms with E-state index in [0.717, 1.165) is 19.1 Å². The van der Waals surface area contributed by atoms with Crippen molar-refractivity contribution in [2.45, 2.75) is 69.1 Å². The van der Waals surface area contributed by atoms with Crippen LogP contribution in [0.1, 0.15) is 51.4 Å². The molecule has 1 heterocycles. The lowest BCUT2D eigenvalue weighted by Crippen LogP contribution is -2.52. The first kappa shape index (κ1) is 12.9. The summed E-state index contributed by atoms with van der Waals surface area (Å²) >= 11 is 0. The molecule has 3 fully saturated rings. The predicted octanol–water partition coefficient (Wildman–Crippen LogP) is 2.15. The molecule has 2 N–H and O–H groups in total. The van der Waals surface area contributed by atoms with Crippen LogP contribution in [0.3, 0.4) is 0 Å². The van der Waals surface area contributed by atoms with Gasteiger partial charge in [0, 0.05) is 25.2 Å². The summed E-state index contributed by atoms with van der Waals surface area (Å²) in [7, 11) is 2.30. The second-order valence-electron chi connectivity index (χ2n) is 6.69. The Morgan fingerprint density at radius 2 is 2.00 bits per heavy atom. The monoisotopic (exact) mass is 252 g/mol. The molecule has 3 aliphatic rings. The largest absolute Gasteiger partial charge is 0.375 e.